The quantitative estimate of drug-likeness (QED) is 0.761. The lowest BCUT2D eigenvalue weighted by molar-refractivity contribution is -0.141. The summed E-state index contributed by atoms with van der Waals surface area (Å²) in [4.78, 5) is 21.4. The summed E-state index contributed by atoms with van der Waals surface area (Å²) >= 11 is 0. The third kappa shape index (κ3) is 2.39. The summed E-state index contributed by atoms with van der Waals surface area (Å²) in [5.41, 5.74) is 7.26. The van der Waals surface area contributed by atoms with E-state index in [9.17, 15) is 18.0 Å². The summed E-state index contributed by atoms with van der Waals surface area (Å²) < 4.78 is 40.4. The van der Waals surface area contributed by atoms with E-state index >= 15 is 0 Å². The van der Waals surface area contributed by atoms with E-state index in [0.717, 1.165) is 11.8 Å². The number of fused-ring (bicyclic) bond motifs is 2. The molecule has 1 aliphatic rings. The number of aromatic nitrogens is 3. The molecule has 26 heavy (non-hydrogen) atoms. The highest BCUT2D eigenvalue weighted by Crippen LogP contribution is 2.32. The fourth-order valence-electron chi connectivity index (χ4n) is 3.16. The van der Waals surface area contributed by atoms with Crippen molar-refractivity contribution in [2.75, 3.05) is 12.3 Å². The molecule has 1 amide bonds. The van der Waals surface area contributed by atoms with Crippen LogP contribution in [0.15, 0.2) is 30.6 Å². The van der Waals surface area contributed by atoms with Gasteiger partial charge in [-0.05, 0) is 24.6 Å². The first-order valence-electron chi connectivity index (χ1n) is 7.93. The molecule has 0 radical (unpaired) electrons. The fourth-order valence-corrected chi connectivity index (χ4v) is 3.16. The molecule has 0 bridgehead atoms. The maximum absolute atomic E-state index is 13.0. The second kappa shape index (κ2) is 5.45. The standard InChI is InChI=1S/C17H14F3N5O/c1-2-24-7-10-5-9(3-4-11(10)16(24)26)12-6-22-15-14(21)23-13(8-25(12)15)17(18,19)20/h3-6,8H,2,7H2,1H3,(H2,21,23). The molecule has 134 valence electrons. The number of nitrogen functional groups attached to an aromatic ring is 1. The van der Waals surface area contributed by atoms with E-state index in [2.05, 4.69) is 9.97 Å². The molecular formula is C17H14F3N5O. The van der Waals surface area contributed by atoms with Crippen LogP contribution in [0.3, 0.4) is 0 Å². The summed E-state index contributed by atoms with van der Waals surface area (Å²) in [5.74, 6) is -0.334. The first-order valence-corrected chi connectivity index (χ1v) is 7.93. The molecule has 1 aromatic carbocycles. The van der Waals surface area contributed by atoms with Gasteiger partial charge in [0.05, 0.1) is 11.9 Å². The van der Waals surface area contributed by atoms with Crippen molar-refractivity contribution >= 4 is 17.4 Å². The topological polar surface area (TPSA) is 76.5 Å². The van der Waals surface area contributed by atoms with E-state index in [4.69, 9.17) is 5.73 Å². The molecule has 3 aromatic rings. The number of nitrogens with zero attached hydrogens (tertiary/aromatic N) is 4. The Balaban J connectivity index is 1.86. The Bertz CT molecular complexity index is 1040. The van der Waals surface area contributed by atoms with Crippen molar-refractivity contribution in [3.63, 3.8) is 0 Å². The molecule has 0 aliphatic carbocycles. The van der Waals surface area contributed by atoms with Crippen LogP contribution in [-0.2, 0) is 12.7 Å². The van der Waals surface area contributed by atoms with Gasteiger partial charge in [0.15, 0.2) is 17.2 Å². The molecule has 2 N–H and O–H groups in total. The highest BCUT2D eigenvalue weighted by atomic mass is 19.4. The van der Waals surface area contributed by atoms with Crippen LogP contribution in [0.2, 0.25) is 0 Å². The molecule has 1 aliphatic heterocycles. The van der Waals surface area contributed by atoms with Gasteiger partial charge in [-0.3, -0.25) is 9.20 Å². The van der Waals surface area contributed by atoms with Crippen molar-refractivity contribution < 1.29 is 18.0 Å². The largest absolute Gasteiger partial charge is 0.434 e. The number of anilines is 1. The third-order valence-corrected chi connectivity index (χ3v) is 4.47. The highest BCUT2D eigenvalue weighted by molar-refractivity contribution is 5.99. The Morgan fingerprint density at radius 3 is 2.77 bits per heavy atom. The van der Waals surface area contributed by atoms with Crippen LogP contribution in [0.4, 0.5) is 19.0 Å². The summed E-state index contributed by atoms with van der Waals surface area (Å²) in [5, 5.41) is 0. The summed E-state index contributed by atoms with van der Waals surface area (Å²) in [7, 11) is 0. The van der Waals surface area contributed by atoms with E-state index in [1.54, 1.807) is 23.1 Å². The van der Waals surface area contributed by atoms with Crippen LogP contribution >= 0.6 is 0 Å². The molecule has 0 saturated carbocycles. The Labute approximate surface area is 146 Å². The maximum Gasteiger partial charge on any atom is 0.434 e. The lowest BCUT2D eigenvalue weighted by atomic mass is 10.0. The van der Waals surface area contributed by atoms with Gasteiger partial charge in [-0.25, -0.2) is 9.97 Å². The smallest absolute Gasteiger partial charge is 0.381 e. The second-order valence-corrected chi connectivity index (χ2v) is 6.04. The Morgan fingerprint density at radius 1 is 1.31 bits per heavy atom. The number of carbonyl (C=O) groups excluding carboxylic acids is 1. The summed E-state index contributed by atoms with van der Waals surface area (Å²) in [6.07, 6.45) is -2.29. The molecule has 0 atom stereocenters. The Morgan fingerprint density at radius 2 is 2.08 bits per heavy atom. The number of imidazole rings is 1. The molecule has 0 saturated heterocycles. The lowest BCUT2D eigenvalue weighted by Gasteiger charge is -2.10. The average Bonchev–Trinajstić information content (AvgIpc) is 3.15. The molecule has 0 fully saturated rings. The zero-order valence-electron chi connectivity index (χ0n) is 13.7. The molecule has 0 spiro atoms. The predicted octanol–water partition coefficient (Wildman–Crippen LogP) is 2.97. The van der Waals surface area contributed by atoms with E-state index in [-0.39, 0.29) is 17.4 Å². The maximum atomic E-state index is 13.0. The van der Waals surface area contributed by atoms with Crippen LogP contribution in [0.1, 0.15) is 28.5 Å². The van der Waals surface area contributed by atoms with Crippen LogP contribution in [0.25, 0.3) is 16.9 Å². The number of hydrogen-bond donors (Lipinski definition) is 1. The average molecular weight is 361 g/mol. The van der Waals surface area contributed by atoms with Crippen LogP contribution in [-0.4, -0.2) is 31.7 Å². The van der Waals surface area contributed by atoms with Crippen molar-refractivity contribution in [3.05, 3.63) is 47.4 Å². The van der Waals surface area contributed by atoms with Gasteiger partial charge in [0, 0.05) is 30.4 Å². The number of carbonyl (C=O) groups is 1. The minimum Gasteiger partial charge on any atom is -0.381 e. The summed E-state index contributed by atoms with van der Waals surface area (Å²) in [6.45, 7) is 2.96. The van der Waals surface area contributed by atoms with Gasteiger partial charge in [0.25, 0.3) is 5.91 Å². The first kappa shape index (κ1) is 16.4. The molecular weight excluding hydrogens is 347 g/mol. The Hall–Kier alpha value is -3.10. The zero-order valence-corrected chi connectivity index (χ0v) is 13.7. The van der Waals surface area contributed by atoms with Crippen molar-refractivity contribution in [2.45, 2.75) is 19.6 Å². The SMILES string of the molecule is CCN1Cc2cc(-c3cnc4c(N)nc(C(F)(F)F)cn34)ccc2C1=O. The van der Waals surface area contributed by atoms with Gasteiger partial charge >= 0.3 is 6.18 Å². The first-order chi connectivity index (χ1) is 12.3. The number of amides is 1. The van der Waals surface area contributed by atoms with Gasteiger partial charge in [-0.15, -0.1) is 0 Å². The fraction of sp³-hybridized carbons (Fsp3) is 0.235. The van der Waals surface area contributed by atoms with Crippen molar-refractivity contribution in [3.8, 4) is 11.3 Å². The Kier molecular flexibility index (Phi) is 3.43. The van der Waals surface area contributed by atoms with Crippen LogP contribution in [0, 0.1) is 0 Å². The van der Waals surface area contributed by atoms with E-state index in [0.29, 0.717) is 29.9 Å². The molecule has 0 unspecified atom stereocenters. The van der Waals surface area contributed by atoms with Gasteiger partial charge in [-0.2, -0.15) is 13.2 Å². The van der Waals surface area contributed by atoms with Crippen molar-refractivity contribution in [2.24, 2.45) is 0 Å². The number of nitrogens with two attached hydrogens (primary N) is 1. The van der Waals surface area contributed by atoms with Gasteiger partial charge < -0.3 is 10.6 Å². The highest BCUT2D eigenvalue weighted by Gasteiger charge is 2.34. The van der Waals surface area contributed by atoms with Crippen LogP contribution < -0.4 is 5.73 Å². The number of benzene rings is 1. The molecule has 4 rings (SSSR count). The minimum absolute atomic E-state index is 0.0417. The molecule has 9 heteroatoms. The van der Waals surface area contributed by atoms with Gasteiger partial charge in [-0.1, -0.05) is 6.07 Å². The normalized spacial score (nSPS) is 14.3. The number of rotatable bonds is 2. The van der Waals surface area contributed by atoms with E-state index in [1.807, 2.05) is 6.92 Å². The zero-order chi connectivity index (χ0) is 18.6. The lowest BCUT2D eigenvalue weighted by Crippen LogP contribution is -2.22. The predicted molar refractivity (Wildman–Crippen MR) is 88.3 cm³/mol. The van der Waals surface area contributed by atoms with Crippen LogP contribution in [0.5, 0.6) is 0 Å². The second-order valence-electron chi connectivity index (χ2n) is 6.04. The monoisotopic (exact) mass is 361 g/mol. The van der Waals surface area contributed by atoms with Crippen molar-refractivity contribution in [1.82, 2.24) is 19.3 Å². The third-order valence-electron chi connectivity index (χ3n) is 4.47. The van der Waals surface area contributed by atoms with Crippen molar-refractivity contribution in [1.29, 1.82) is 0 Å². The van der Waals surface area contributed by atoms with E-state index < -0.39 is 11.9 Å². The molecule has 2 aromatic heterocycles. The molecule has 6 nitrogen and oxygen atoms in total. The number of halogens is 3. The van der Waals surface area contributed by atoms with Gasteiger partial charge in [0.2, 0.25) is 0 Å². The molecule has 3 heterocycles. The van der Waals surface area contributed by atoms with Gasteiger partial charge in [0.1, 0.15) is 0 Å². The number of alkyl halides is 3. The number of hydrogen-bond acceptors (Lipinski definition) is 4. The minimum atomic E-state index is -4.62. The van der Waals surface area contributed by atoms with E-state index in [1.165, 1.54) is 10.6 Å². The summed E-state index contributed by atoms with van der Waals surface area (Å²) in [6, 6.07) is 5.19.